The highest BCUT2D eigenvalue weighted by Gasteiger charge is 2.10. The van der Waals surface area contributed by atoms with Crippen molar-refractivity contribution in [2.75, 3.05) is 20.3 Å². The van der Waals surface area contributed by atoms with Gasteiger partial charge in [0.15, 0.2) is 5.82 Å². The highest BCUT2D eigenvalue weighted by atomic mass is 32.1. The molecule has 18 heavy (non-hydrogen) atoms. The van der Waals surface area contributed by atoms with Gasteiger partial charge in [-0.25, -0.2) is 9.37 Å². The summed E-state index contributed by atoms with van der Waals surface area (Å²) in [5.41, 5.74) is 1.20. The molecule has 2 aromatic rings. The van der Waals surface area contributed by atoms with Gasteiger partial charge in [-0.3, -0.25) is 4.98 Å². The molecule has 0 spiro atoms. The Labute approximate surface area is 109 Å². The maximum absolute atomic E-state index is 13.5. The van der Waals surface area contributed by atoms with Crippen LogP contribution in [-0.2, 0) is 11.3 Å². The number of hydrogen-bond acceptors (Lipinski definition) is 5. The van der Waals surface area contributed by atoms with Crippen LogP contribution >= 0.6 is 11.3 Å². The average Bonchev–Trinajstić information content (AvgIpc) is 2.84. The number of ether oxygens (including phenoxy) is 1. The third-order valence-corrected chi connectivity index (χ3v) is 3.20. The molecule has 0 saturated heterocycles. The normalized spacial score (nSPS) is 10.8. The average molecular weight is 267 g/mol. The Morgan fingerprint density at radius 1 is 1.50 bits per heavy atom. The van der Waals surface area contributed by atoms with Gasteiger partial charge in [-0.05, 0) is 12.1 Å². The second-order valence-electron chi connectivity index (χ2n) is 3.65. The topological polar surface area (TPSA) is 47.0 Å². The van der Waals surface area contributed by atoms with Gasteiger partial charge in [0, 0.05) is 31.8 Å². The van der Waals surface area contributed by atoms with Gasteiger partial charge in [-0.15, -0.1) is 11.3 Å². The molecule has 0 radical (unpaired) electrons. The molecule has 0 atom stereocenters. The van der Waals surface area contributed by atoms with E-state index in [1.54, 1.807) is 19.4 Å². The summed E-state index contributed by atoms with van der Waals surface area (Å²) in [7, 11) is 1.66. The molecule has 0 bridgehead atoms. The Morgan fingerprint density at radius 3 is 3.17 bits per heavy atom. The highest BCUT2D eigenvalue weighted by Crippen LogP contribution is 2.23. The van der Waals surface area contributed by atoms with E-state index in [1.165, 1.54) is 17.4 Å². The molecule has 96 valence electrons. The number of thiazole rings is 1. The molecule has 1 N–H and O–H groups in total. The van der Waals surface area contributed by atoms with Gasteiger partial charge in [0.2, 0.25) is 0 Å². The molecule has 2 rings (SSSR count). The summed E-state index contributed by atoms with van der Waals surface area (Å²) >= 11 is 1.40. The number of pyridine rings is 1. The summed E-state index contributed by atoms with van der Waals surface area (Å²) in [5, 5.41) is 5.70. The van der Waals surface area contributed by atoms with Crippen LogP contribution in [0.25, 0.3) is 10.7 Å². The molecule has 0 amide bonds. The number of hydrogen-bond donors (Lipinski definition) is 1. The first-order valence-electron chi connectivity index (χ1n) is 5.56. The Morgan fingerprint density at radius 2 is 2.39 bits per heavy atom. The molecule has 0 fully saturated rings. The molecule has 0 aliphatic carbocycles. The Kier molecular flexibility index (Phi) is 4.74. The van der Waals surface area contributed by atoms with Crippen molar-refractivity contribution in [3.63, 3.8) is 0 Å². The van der Waals surface area contributed by atoms with Crippen LogP contribution in [0.5, 0.6) is 0 Å². The van der Waals surface area contributed by atoms with Crippen molar-refractivity contribution >= 4 is 11.3 Å². The SMILES string of the molecule is COCCNCc1csc(-c2ncccc2F)n1. The van der Waals surface area contributed by atoms with Crippen molar-refractivity contribution in [2.24, 2.45) is 0 Å². The van der Waals surface area contributed by atoms with Gasteiger partial charge in [0.25, 0.3) is 0 Å². The highest BCUT2D eigenvalue weighted by molar-refractivity contribution is 7.13. The van der Waals surface area contributed by atoms with Crippen molar-refractivity contribution in [1.29, 1.82) is 0 Å². The van der Waals surface area contributed by atoms with Gasteiger partial charge in [-0.1, -0.05) is 0 Å². The first kappa shape index (κ1) is 13.1. The monoisotopic (exact) mass is 267 g/mol. The zero-order valence-electron chi connectivity index (χ0n) is 10.0. The van der Waals surface area contributed by atoms with Gasteiger partial charge in [-0.2, -0.15) is 0 Å². The molecule has 4 nitrogen and oxygen atoms in total. The summed E-state index contributed by atoms with van der Waals surface area (Å²) in [6.45, 7) is 2.07. The van der Waals surface area contributed by atoms with Crippen LogP contribution in [0.15, 0.2) is 23.7 Å². The van der Waals surface area contributed by atoms with Crippen molar-refractivity contribution < 1.29 is 9.13 Å². The minimum Gasteiger partial charge on any atom is -0.383 e. The summed E-state index contributed by atoms with van der Waals surface area (Å²) < 4.78 is 18.4. The van der Waals surface area contributed by atoms with Crippen LogP contribution in [0.3, 0.4) is 0 Å². The lowest BCUT2D eigenvalue weighted by molar-refractivity contribution is 0.199. The predicted molar refractivity (Wildman–Crippen MR) is 68.9 cm³/mol. The van der Waals surface area contributed by atoms with Crippen molar-refractivity contribution in [3.05, 3.63) is 35.2 Å². The Bertz CT molecular complexity index is 504. The quantitative estimate of drug-likeness (QED) is 0.814. The van der Waals surface area contributed by atoms with Gasteiger partial charge < -0.3 is 10.1 Å². The lowest BCUT2D eigenvalue weighted by Gasteiger charge is -2.00. The summed E-state index contributed by atoms with van der Waals surface area (Å²) in [4.78, 5) is 8.36. The maximum Gasteiger partial charge on any atom is 0.151 e. The predicted octanol–water partition coefficient (Wildman–Crippen LogP) is 2.08. The van der Waals surface area contributed by atoms with Crippen LogP contribution in [-0.4, -0.2) is 30.2 Å². The summed E-state index contributed by atoms with van der Waals surface area (Å²) in [5.74, 6) is -0.342. The fraction of sp³-hybridized carbons (Fsp3) is 0.333. The minimum atomic E-state index is -0.342. The molecule has 6 heteroatoms. The van der Waals surface area contributed by atoms with E-state index in [2.05, 4.69) is 15.3 Å². The third kappa shape index (κ3) is 3.32. The molecule has 2 aromatic heterocycles. The molecular weight excluding hydrogens is 253 g/mol. The number of nitrogens with zero attached hydrogens (tertiary/aromatic N) is 2. The van der Waals surface area contributed by atoms with Crippen LogP contribution in [0.1, 0.15) is 5.69 Å². The molecule has 0 saturated carbocycles. The number of rotatable bonds is 6. The number of methoxy groups -OCH3 is 1. The van der Waals surface area contributed by atoms with Crippen molar-refractivity contribution in [2.45, 2.75) is 6.54 Å². The number of halogens is 1. The van der Waals surface area contributed by atoms with E-state index in [1.807, 2.05) is 5.38 Å². The van der Waals surface area contributed by atoms with E-state index >= 15 is 0 Å². The van der Waals surface area contributed by atoms with Gasteiger partial charge in [0.1, 0.15) is 10.7 Å². The third-order valence-electron chi connectivity index (χ3n) is 2.30. The first-order chi connectivity index (χ1) is 8.81. The smallest absolute Gasteiger partial charge is 0.151 e. The van der Waals surface area contributed by atoms with Crippen molar-refractivity contribution in [1.82, 2.24) is 15.3 Å². The van der Waals surface area contributed by atoms with Crippen LogP contribution in [0.2, 0.25) is 0 Å². The summed E-state index contributed by atoms with van der Waals surface area (Å²) in [6, 6.07) is 2.96. The van der Waals surface area contributed by atoms with Crippen molar-refractivity contribution in [3.8, 4) is 10.7 Å². The fourth-order valence-electron chi connectivity index (χ4n) is 1.43. The van der Waals surface area contributed by atoms with E-state index in [-0.39, 0.29) is 5.82 Å². The molecule has 2 heterocycles. The zero-order chi connectivity index (χ0) is 12.8. The number of aromatic nitrogens is 2. The summed E-state index contributed by atoms with van der Waals surface area (Å²) in [6.07, 6.45) is 1.57. The van der Waals surface area contributed by atoms with Crippen LogP contribution in [0.4, 0.5) is 4.39 Å². The maximum atomic E-state index is 13.5. The van der Waals surface area contributed by atoms with E-state index in [0.29, 0.717) is 23.9 Å². The minimum absolute atomic E-state index is 0.311. The fourth-order valence-corrected chi connectivity index (χ4v) is 2.25. The lowest BCUT2D eigenvalue weighted by atomic mass is 10.3. The molecular formula is C12H14FN3OS. The Balaban J connectivity index is 2.00. The second-order valence-corrected chi connectivity index (χ2v) is 4.51. The van der Waals surface area contributed by atoms with E-state index in [0.717, 1.165) is 12.2 Å². The molecule has 0 aliphatic heterocycles. The molecule has 0 unspecified atom stereocenters. The van der Waals surface area contributed by atoms with E-state index < -0.39 is 0 Å². The van der Waals surface area contributed by atoms with Crippen LogP contribution < -0.4 is 5.32 Å². The van der Waals surface area contributed by atoms with Gasteiger partial charge >= 0.3 is 0 Å². The van der Waals surface area contributed by atoms with Gasteiger partial charge in [0.05, 0.1) is 12.3 Å². The molecule has 0 aliphatic rings. The van der Waals surface area contributed by atoms with Crippen LogP contribution in [0, 0.1) is 5.82 Å². The van der Waals surface area contributed by atoms with E-state index in [4.69, 9.17) is 4.74 Å². The largest absolute Gasteiger partial charge is 0.383 e. The second kappa shape index (κ2) is 6.53. The van der Waals surface area contributed by atoms with E-state index in [9.17, 15) is 4.39 Å². The zero-order valence-corrected chi connectivity index (χ0v) is 10.8. The molecule has 0 aromatic carbocycles. The Hall–Kier alpha value is -1.37. The first-order valence-corrected chi connectivity index (χ1v) is 6.44. The standard InChI is InChI=1S/C12H14FN3OS/c1-17-6-5-14-7-9-8-18-12(16-9)11-10(13)3-2-4-15-11/h2-4,8,14H,5-7H2,1H3. The lowest BCUT2D eigenvalue weighted by Crippen LogP contribution is -2.18. The number of nitrogens with one attached hydrogen (secondary N) is 1.